The monoisotopic (exact) mass is 511 g/mol. The Labute approximate surface area is 210 Å². The van der Waals surface area contributed by atoms with Gasteiger partial charge in [-0.05, 0) is 72.3 Å². The Bertz CT molecular complexity index is 1340. The number of methoxy groups -OCH3 is 1. The van der Waals surface area contributed by atoms with Crippen LogP contribution in [0, 0.1) is 12.7 Å². The normalized spacial score (nSPS) is 14.5. The molecule has 3 aromatic rings. The van der Waals surface area contributed by atoms with Crippen LogP contribution in [0.2, 0.25) is 5.02 Å². The fraction of sp³-hybridized carbons (Fsp3) is 0.115. The Morgan fingerprint density at radius 1 is 1.09 bits per heavy atom. The highest BCUT2D eigenvalue weighted by molar-refractivity contribution is 8.18. The van der Waals surface area contributed by atoms with Gasteiger partial charge in [0.25, 0.3) is 11.1 Å². The van der Waals surface area contributed by atoms with Crippen LogP contribution in [0.4, 0.5) is 9.18 Å². The molecule has 9 heteroatoms. The van der Waals surface area contributed by atoms with Crippen molar-refractivity contribution in [3.63, 3.8) is 0 Å². The molecule has 3 aromatic carbocycles. The number of esters is 1. The third kappa shape index (κ3) is 5.55. The number of amides is 2. The first kappa shape index (κ1) is 24.5. The fourth-order valence-corrected chi connectivity index (χ4v) is 4.42. The maximum absolute atomic E-state index is 13.1. The second-order valence-corrected chi connectivity index (χ2v) is 9.08. The SMILES string of the molecule is COc1cc(/C=C2\SC(=O)N(Cc3ccc(F)cc3)C2=O)cc(Cl)c1OC(=O)c1ccc(C)cc1. The smallest absolute Gasteiger partial charge is 0.343 e. The van der Waals surface area contributed by atoms with E-state index in [2.05, 4.69) is 0 Å². The number of carbonyl (C=O) groups excluding carboxylic acids is 3. The van der Waals surface area contributed by atoms with Gasteiger partial charge in [-0.3, -0.25) is 14.5 Å². The van der Waals surface area contributed by atoms with Crippen molar-refractivity contribution in [3.05, 3.63) is 98.7 Å². The molecule has 0 radical (unpaired) electrons. The Hall–Kier alpha value is -3.62. The van der Waals surface area contributed by atoms with Crippen molar-refractivity contribution >= 4 is 46.6 Å². The topological polar surface area (TPSA) is 72.9 Å². The number of thioether (sulfide) groups is 1. The summed E-state index contributed by atoms with van der Waals surface area (Å²) in [5, 5.41) is -0.339. The van der Waals surface area contributed by atoms with Gasteiger partial charge in [-0.15, -0.1) is 0 Å². The predicted octanol–water partition coefficient (Wildman–Crippen LogP) is 6.25. The molecular formula is C26H19ClFNO5S. The minimum Gasteiger partial charge on any atom is -0.493 e. The second kappa shape index (κ2) is 10.3. The third-order valence-corrected chi connectivity index (χ3v) is 6.35. The molecule has 1 aliphatic rings. The van der Waals surface area contributed by atoms with Crippen molar-refractivity contribution in [2.24, 2.45) is 0 Å². The average Bonchev–Trinajstić information content (AvgIpc) is 3.09. The lowest BCUT2D eigenvalue weighted by Gasteiger charge is -2.13. The summed E-state index contributed by atoms with van der Waals surface area (Å²) in [6.07, 6.45) is 1.51. The number of hydrogen-bond acceptors (Lipinski definition) is 6. The van der Waals surface area contributed by atoms with E-state index in [0.29, 0.717) is 16.7 Å². The highest BCUT2D eigenvalue weighted by Gasteiger charge is 2.35. The second-order valence-electron chi connectivity index (χ2n) is 7.68. The van der Waals surface area contributed by atoms with E-state index in [1.807, 2.05) is 6.92 Å². The van der Waals surface area contributed by atoms with E-state index in [1.54, 1.807) is 30.3 Å². The van der Waals surface area contributed by atoms with E-state index in [9.17, 15) is 18.8 Å². The number of benzene rings is 3. The molecule has 0 N–H and O–H groups in total. The van der Waals surface area contributed by atoms with Crippen LogP contribution in [0.1, 0.15) is 27.0 Å². The lowest BCUT2D eigenvalue weighted by Crippen LogP contribution is -2.27. The molecule has 1 aliphatic heterocycles. The molecule has 1 saturated heterocycles. The van der Waals surface area contributed by atoms with Crippen LogP contribution in [0.25, 0.3) is 6.08 Å². The van der Waals surface area contributed by atoms with Gasteiger partial charge in [0.2, 0.25) is 0 Å². The summed E-state index contributed by atoms with van der Waals surface area (Å²) in [7, 11) is 1.40. The maximum Gasteiger partial charge on any atom is 0.343 e. The van der Waals surface area contributed by atoms with Crippen LogP contribution in [-0.4, -0.2) is 29.1 Å². The van der Waals surface area contributed by atoms with Gasteiger partial charge in [0.15, 0.2) is 11.5 Å². The number of hydrogen-bond donors (Lipinski definition) is 0. The summed E-state index contributed by atoms with van der Waals surface area (Å²) < 4.78 is 24.0. The van der Waals surface area contributed by atoms with Gasteiger partial charge in [-0.2, -0.15) is 0 Å². The molecule has 35 heavy (non-hydrogen) atoms. The van der Waals surface area contributed by atoms with Gasteiger partial charge >= 0.3 is 5.97 Å². The van der Waals surface area contributed by atoms with Gasteiger partial charge in [0, 0.05) is 0 Å². The molecule has 178 valence electrons. The van der Waals surface area contributed by atoms with E-state index in [4.69, 9.17) is 21.1 Å². The van der Waals surface area contributed by atoms with Crippen LogP contribution < -0.4 is 9.47 Å². The Balaban J connectivity index is 1.55. The molecule has 6 nitrogen and oxygen atoms in total. The number of rotatable bonds is 6. The highest BCUT2D eigenvalue weighted by Crippen LogP contribution is 2.39. The van der Waals surface area contributed by atoms with Crippen molar-refractivity contribution in [2.45, 2.75) is 13.5 Å². The largest absolute Gasteiger partial charge is 0.493 e. The summed E-state index contributed by atoms with van der Waals surface area (Å²) in [5.74, 6) is -1.24. The zero-order valence-electron chi connectivity index (χ0n) is 18.7. The van der Waals surface area contributed by atoms with E-state index >= 15 is 0 Å². The first-order chi connectivity index (χ1) is 16.7. The molecule has 1 heterocycles. The molecule has 0 spiro atoms. The first-order valence-corrected chi connectivity index (χ1v) is 11.6. The number of carbonyl (C=O) groups is 3. The summed E-state index contributed by atoms with van der Waals surface area (Å²) in [4.78, 5) is 39.1. The Morgan fingerprint density at radius 3 is 2.43 bits per heavy atom. The van der Waals surface area contributed by atoms with Gasteiger partial charge in [0.05, 0.1) is 29.1 Å². The van der Waals surface area contributed by atoms with Gasteiger partial charge in [-0.25, -0.2) is 9.18 Å². The predicted molar refractivity (Wildman–Crippen MR) is 132 cm³/mol. The van der Waals surface area contributed by atoms with E-state index in [0.717, 1.165) is 22.2 Å². The van der Waals surface area contributed by atoms with Crippen molar-refractivity contribution in [1.82, 2.24) is 4.90 Å². The quantitative estimate of drug-likeness (QED) is 0.221. The van der Waals surface area contributed by atoms with Crippen molar-refractivity contribution in [3.8, 4) is 11.5 Å². The van der Waals surface area contributed by atoms with Gasteiger partial charge in [0.1, 0.15) is 5.82 Å². The molecule has 0 aromatic heterocycles. The molecule has 0 saturated carbocycles. The van der Waals surface area contributed by atoms with Gasteiger partial charge in [-0.1, -0.05) is 41.4 Å². The maximum atomic E-state index is 13.1. The Morgan fingerprint density at radius 2 is 1.77 bits per heavy atom. The molecule has 2 amide bonds. The molecule has 1 fully saturated rings. The molecule has 4 rings (SSSR count). The Kier molecular flexibility index (Phi) is 7.23. The number of imide groups is 1. The van der Waals surface area contributed by atoms with E-state index in [1.165, 1.54) is 43.5 Å². The number of nitrogens with zero attached hydrogens (tertiary/aromatic N) is 1. The zero-order valence-corrected chi connectivity index (χ0v) is 20.3. The summed E-state index contributed by atoms with van der Waals surface area (Å²) in [6, 6.07) is 15.5. The van der Waals surface area contributed by atoms with E-state index < -0.39 is 22.9 Å². The standard InChI is InChI=1S/C26H19ClFNO5S/c1-15-3-7-18(8-4-15)25(31)34-23-20(27)11-17(12-21(23)33-2)13-22-24(30)29(26(32)35-22)14-16-5-9-19(28)10-6-16/h3-13H,14H2,1-2H3/b22-13-. The van der Waals surface area contributed by atoms with Crippen LogP contribution in [0.5, 0.6) is 11.5 Å². The number of aryl methyl sites for hydroxylation is 1. The molecule has 0 aliphatic carbocycles. The lowest BCUT2D eigenvalue weighted by atomic mass is 10.1. The van der Waals surface area contributed by atoms with Crippen molar-refractivity contribution < 1.29 is 28.2 Å². The third-order valence-electron chi connectivity index (χ3n) is 5.16. The summed E-state index contributed by atoms with van der Waals surface area (Å²) in [6.45, 7) is 1.94. The lowest BCUT2D eigenvalue weighted by molar-refractivity contribution is -0.123. The van der Waals surface area contributed by atoms with Crippen molar-refractivity contribution in [1.29, 1.82) is 0 Å². The zero-order chi connectivity index (χ0) is 25.1. The van der Waals surface area contributed by atoms with Crippen molar-refractivity contribution in [2.75, 3.05) is 7.11 Å². The van der Waals surface area contributed by atoms with Crippen LogP contribution in [0.3, 0.4) is 0 Å². The summed E-state index contributed by atoms with van der Waals surface area (Å²) in [5.41, 5.74) is 2.46. The minimum absolute atomic E-state index is 0.0280. The summed E-state index contributed by atoms with van der Waals surface area (Å²) >= 11 is 7.17. The fourth-order valence-electron chi connectivity index (χ4n) is 3.32. The van der Waals surface area contributed by atoms with Crippen LogP contribution >= 0.6 is 23.4 Å². The first-order valence-electron chi connectivity index (χ1n) is 10.4. The number of ether oxygens (including phenoxy) is 2. The minimum atomic E-state index is -0.597. The van der Waals surface area contributed by atoms with Crippen LogP contribution in [0.15, 0.2) is 65.6 Å². The molecule has 0 atom stereocenters. The molecular weight excluding hydrogens is 493 g/mol. The van der Waals surface area contributed by atoms with Gasteiger partial charge < -0.3 is 9.47 Å². The highest BCUT2D eigenvalue weighted by atomic mass is 35.5. The van der Waals surface area contributed by atoms with Crippen LogP contribution in [-0.2, 0) is 11.3 Å². The molecule has 0 bridgehead atoms. The average molecular weight is 512 g/mol. The van der Waals surface area contributed by atoms with E-state index in [-0.39, 0.29) is 28.0 Å². The number of halogens is 2. The molecule has 0 unspecified atom stereocenters.